The monoisotopic (exact) mass is 523 g/mol. The first kappa shape index (κ1) is 23.5. The summed E-state index contributed by atoms with van der Waals surface area (Å²) in [5, 5.41) is 7.27. The summed E-state index contributed by atoms with van der Waals surface area (Å²) in [6, 6.07) is 10.1. The number of aliphatic imine (C=N–C) groups is 1. The summed E-state index contributed by atoms with van der Waals surface area (Å²) >= 11 is 0. The topological polar surface area (TPSA) is 56.9 Å². The first-order chi connectivity index (χ1) is 13.4. The molecule has 0 spiro atoms. The molecule has 1 aliphatic rings. The fraction of sp³-hybridized carbons (Fsp3) is 0.474. The van der Waals surface area contributed by atoms with Crippen LogP contribution in [0.2, 0.25) is 0 Å². The molecular weight excluding hydrogens is 498 g/mol. The normalized spacial score (nSPS) is 17.0. The largest absolute Gasteiger partial charge is 0.403 e. The van der Waals surface area contributed by atoms with Gasteiger partial charge < -0.3 is 14.7 Å². The third-order valence-corrected chi connectivity index (χ3v) is 4.89. The van der Waals surface area contributed by atoms with Gasteiger partial charge in [0.15, 0.2) is 11.7 Å². The number of alkyl halides is 3. The minimum atomic E-state index is -4.20. The highest BCUT2D eigenvalue weighted by Crippen LogP contribution is 2.25. The van der Waals surface area contributed by atoms with Gasteiger partial charge in [0.05, 0.1) is 6.54 Å². The SMILES string of the molecule is CN=C(NCc1cc(-c2ccccc2)on1)N1CCN(C(C)C(F)(F)F)CC1.I. The van der Waals surface area contributed by atoms with Crippen molar-refractivity contribution >= 4 is 29.9 Å². The average molecular weight is 523 g/mol. The minimum absolute atomic E-state index is 0. The average Bonchev–Trinajstić information content (AvgIpc) is 3.17. The Balaban J connectivity index is 0.00000300. The molecule has 1 fully saturated rings. The standard InChI is InChI=1S/C19H24F3N5O.HI/c1-14(19(20,21)22)26-8-10-27(11-9-26)18(23-2)24-13-16-12-17(28-25-16)15-6-4-3-5-7-15;/h3-7,12,14H,8-11,13H2,1-2H3,(H,23,24);1H. The Bertz CT molecular complexity index is 789. The van der Waals surface area contributed by atoms with Crippen molar-refractivity contribution in [2.24, 2.45) is 4.99 Å². The summed E-state index contributed by atoms with van der Waals surface area (Å²) in [7, 11) is 1.66. The molecule has 1 aromatic carbocycles. The summed E-state index contributed by atoms with van der Waals surface area (Å²) in [6.45, 7) is 3.26. The van der Waals surface area contributed by atoms with E-state index in [0.29, 0.717) is 44.4 Å². The van der Waals surface area contributed by atoms with Crippen molar-refractivity contribution in [3.8, 4) is 11.3 Å². The van der Waals surface area contributed by atoms with Crippen LogP contribution in [0, 0.1) is 0 Å². The Kier molecular flexibility index (Phi) is 8.32. The van der Waals surface area contributed by atoms with Crippen LogP contribution in [0.3, 0.4) is 0 Å². The molecule has 1 saturated heterocycles. The van der Waals surface area contributed by atoms with Crippen LogP contribution in [0.25, 0.3) is 11.3 Å². The molecule has 0 amide bonds. The van der Waals surface area contributed by atoms with Crippen molar-refractivity contribution in [2.45, 2.75) is 25.7 Å². The lowest BCUT2D eigenvalue weighted by molar-refractivity contribution is -0.181. The number of guanidine groups is 1. The molecule has 0 saturated carbocycles. The van der Waals surface area contributed by atoms with Gasteiger partial charge in [-0.1, -0.05) is 35.5 Å². The van der Waals surface area contributed by atoms with Crippen LogP contribution in [0.4, 0.5) is 13.2 Å². The van der Waals surface area contributed by atoms with E-state index in [1.165, 1.54) is 11.8 Å². The van der Waals surface area contributed by atoms with Crippen molar-refractivity contribution < 1.29 is 17.7 Å². The number of aromatic nitrogens is 1. The zero-order valence-electron chi connectivity index (χ0n) is 16.3. The van der Waals surface area contributed by atoms with Gasteiger partial charge in [0, 0.05) is 44.9 Å². The van der Waals surface area contributed by atoms with E-state index in [9.17, 15) is 13.2 Å². The number of piperazine rings is 1. The molecule has 1 atom stereocenters. The number of rotatable bonds is 4. The van der Waals surface area contributed by atoms with Gasteiger partial charge in [-0.15, -0.1) is 24.0 Å². The van der Waals surface area contributed by atoms with E-state index >= 15 is 0 Å². The molecule has 0 radical (unpaired) electrons. The van der Waals surface area contributed by atoms with Gasteiger partial charge in [-0.05, 0) is 6.92 Å². The van der Waals surface area contributed by atoms with Crippen LogP contribution in [-0.4, -0.2) is 66.4 Å². The van der Waals surface area contributed by atoms with E-state index in [1.54, 1.807) is 7.05 Å². The van der Waals surface area contributed by atoms with Crippen LogP contribution < -0.4 is 5.32 Å². The van der Waals surface area contributed by atoms with E-state index in [0.717, 1.165) is 11.3 Å². The fourth-order valence-electron chi connectivity index (χ4n) is 3.16. The van der Waals surface area contributed by atoms with E-state index in [-0.39, 0.29) is 24.0 Å². The smallest absolute Gasteiger partial charge is 0.356 e. The first-order valence-corrected chi connectivity index (χ1v) is 9.16. The van der Waals surface area contributed by atoms with Gasteiger partial charge >= 0.3 is 6.18 Å². The molecule has 1 unspecified atom stereocenters. The molecule has 29 heavy (non-hydrogen) atoms. The van der Waals surface area contributed by atoms with Crippen molar-refractivity contribution in [3.05, 3.63) is 42.1 Å². The molecule has 0 bridgehead atoms. The van der Waals surface area contributed by atoms with Crippen LogP contribution in [0.5, 0.6) is 0 Å². The molecule has 10 heteroatoms. The van der Waals surface area contributed by atoms with Crippen LogP contribution in [0.1, 0.15) is 12.6 Å². The predicted octanol–water partition coefficient (Wildman–Crippen LogP) is 3.60. The van der Waals surface area contributed by atoms with E-state index in [1.807, 2.05) is 41.3 Å². The molecule has 1 aromatic heterocycles. The molecule has 1 N–H and O–H groups in total. The van der Waals surface area contributed by atoms with Gasteiger partial charge in [-0.25, -0.2) is 0 Å². The second-order valence-electron chi connectivity index (χ2n) is 6.69. The molecule has 160 valence electrons. The lowest BCUT2D eigenvalue weighted by Gasteiger charge is -2.39. The number of hydrogen-bond acceptors (Lipinski definition) is 4. The van der Waals surface area contributed by atoms with Crippen molar-refractivity contribution in [1.82, 2.24) is 20.3 Å². The van der Waals surface area contributed by atoms with Crippen LogP contribution in [-0.2, 0) is 6.54 Å². The minimum Gasteiger partial charge on any atom is -0.356 e. The predicted molar refractivity (Wildman–Crippen MR) is 116 cm³/mol. The summed E-state index contributed by atoms with van der Waals surface area (Å²) in [4.78, 5) is 7.65. The zero-order chi connectivity index (χ0) is 20.1. The second kappa shape index (κ2) is 10.3. The van der Waals surface area contributed by atoms with Crippen molar-refractivity contribution in [3.63, 3.8) is 0 Å². The van der Waals surface area contributed by atoms with Gasteiger partial charge in [0.1, 0.15) is 11.7 Å². The molecule has 2 aromatic rings. The van der Waals surface area contributed by atoms with Gasteiger partial charge in [-0.3, -0.25) is 9.89 Å². The summed E-state index contributed by atoms with van der Waals surface area (Å²) < 4.78 is 44.0. The molecule has 0 aliphatic carbocycles. The maximum atomic E-state index is 12.9. The highest BCUT2D eigenvalue weighted by Gasteiger charge is 2.41. The van der Waals surface area contributed by atoms with E-state index in [2.05, 4.69) is 15.5 Å². The molecule has 1 aliphatic heterocycles. The molecule has 2 heterocycles. The Hall–Kier alpha value is -1.82. The third kappa shape index (κ3) is 6.08. The van der Waals surface area contributed by atoms with Gasteiger partial charge in [0.2, 0.25) is 0 Å². The fourth-order valence-corrected chi connectivity index (χ4v) is 3.16. The summed E-state index contributed by atoms with van der Waals surface area (Å²) in [5.74, 6) is 1.32. The summed E-state index contributed by atoms with van der Waals surface area (Å²) in [5.41, 5.74) is 1.67. The van der Waals surface area contributed by atoms with Gasteiger partial charge in [0.25, 0.3) is 0 Å². The lowest BCUT2D eigenvalue weighted by Crippen LogP contribution is -2.56. The second-order valence-corrected chi connectivity index (χ2v) is 6.69. The lowest BCUT2D eigenvalue weighted by atomic mass is 10.2. The zero-order valence-corrected chi connectivity index (χ0v) is 18.6. The highest BCUT2D eigenvalue weighted by atomic mass is 127. The number of hydrogen-bond donors (Lipinski definition) is 1. The maximum Gasteiger partial charge on any atom is 0.403 e. The van der Waals surface area contributed by atoms with Crippen LogP contribution >= 0.6 is 24.0 Å². The Morgan fingerprint density at radius 2 is 1.86 bits per heavy atom. The number of nitrogens with zero attached hydrogens (tertiary/aromatic N) is 4. The summed E-state index contributed by atoms with van der Waals surface area (Å²) in [6.07, 6.45) is -4.20. The number of nitrogens with one attached hydrogen (secondary N) is 1. The van der Waals surface area contributed by atoms with E-state index in [4.69, 9.17) is 4.52 Å². The van der Waals surface area contributed by atoms with E-state index < -0.39 is 12.2 Å². The van der Waals surface area contributed by atoms with Gasteiger partial charge in [-0.2, -0.15) is 13.2 Å². The number of halogens is 4. The maximum absolute atomic E-state index is 12.9. The Morgan fingerprint density at radius 3 is 2.45 bits per heavy atom. The highest BCUT2D eigenvalue weighted by molar-refractivity contribution is 14.0. The van der Waals surface area contributed by atoms with Crippen molar-refractivity contribution in [2.75, 3.05) is 33.2 Å². The Labute approximate surface area is 185 Å². The third-order valence-electron chi connectivity index (χ3n) is 4.89. The quantitative estimate of drug-likeness (QED) is 0.377. The molecule has 6 nitrogen and oxygen atoms in total. The molecule has 3 rings (SSSR count). The first-order valence-electron chi connectivity index (χ1n) is 9.16. The van der Waals surface area contributed by atoms with Crippen molar-refractivity contribution in [1.29, 1.82) is 0 Å². The molecular formula is C19H25F3IN5O. The van der Waals surface area contributed by atoms with Crippen LogP contribution in [0.15, 0.2) is 45.9 Å². The Morgan fingerprint density at radius 1 is 1.21 bits per heavy atom. The number of benzene rings is 1.